The van der Waals surface area contributed by atoms with E-state index >= 15 is 0 Å². The summed E-state index contributed by atoms with van der Waals surface area (Å²) in [4.78, 5) is 2.11. The Bertz CT molecular complexity index is 340. The van der Waals surface area contributed by atoms with Crippen molar-refractivity contribution in [3.8, 4) is 0 Å². The molecular weight excluding hydrogens is 224 g/mol. The zero-order chi connectivity index (χ0) is 12.8. The summed E-state index contributed by atoms with van der Waals surface area (Å²) in [6, 6.07) is 4.24. The van der Waals surface area contributed by atoms with E-state index in [1.165, 1.54) is 44.2 Å². The van der Waals surface area contributed by atoms with Gasteiger partial charge in [0.15, 0.2) is 12.4 Å². The van der Waals surface area contributed by atoms with Gasteiger partial charge in [0.05, 0.1) is 6.10 Å². The fourth-order valence-corrected chi connectivity index (χ4v) is 2.43. The number of hydrogen-bond donors (Lipinski definition) is 0. The van der Waals surface area contributed by atoms with Gasteiger partial charge < -0.3 is 9.64 Å². The van der Waals surface area contributed by atoms with E-state index in [0.717, 1.165) is 0 Å². The van der Waals surface area contributed by atoms with Crippen molar-refractivity contribution < 1.29 is 9.30 Å². The number of rotatable bonds is 4. The quantitative estimate of drug-likeness (QED) is 0.602. The lowest BCUT2D eigenvalue weighted by atomic mass is 10.2. The van der Waals surface area contributed by atoms with Crippen LogP contribution in [0, 0.1) is 0 Å². The Balaban J connectivity index is 1.81. The molecule has 0 unspecified atom stereocenters. The van der Waals surface area contributed by atoms with E-state index in [4.69, 9.17) is 4.74 Å². The van der Waals surface area contributed by atoms with E-state index in [1.54, 1.807) is 0 Å². The highest BCUT2D eigenvalue weighted by Crippen LogP contribution is 2.19. The van der Waals surface area contributed by atoms with Gasteiger partial charge in [0, 0.05) is 31.9 Å². The molecule has 1 aromatic rings. The Morgan fingerprint density at radius 3 is 2.28 bits per heavy atom. The summed E-state index contributed by atoms with van der Waals surface area (Å²) in [5.74, 6) is 0. The second-order valence-corrected chi connectivity index (χ2v) is 5.37. The molecule has 1 aromatic heterocycles. The van der Waals surface area contributed by atoms with Gasteiger partial charge in [-0.1, -0.05) is 25.7 Å². The third-order valence-corrected chi connectivity index (χ3v) is 3.65. The van der Waals surface area contributed by atoms with Crippen LogP contribution >= 0.6 is 0 Å². The molecule has 2 rings (SSSR count). The molecule has 3 heteroatoms. The standard InChI is InChI=1S/C15H25N2O/c1-16(2)14-9-11-17(12-10-14)13-18-15-7-5-3-4-6-8-15/h9-12,15H,3-8,13H2,1-2H3/q+1. The predicted molar refractivity (Wildman–Crippen MR) is 73.5 cm³/mol. The van der Waals surface area contributed by atoms with Crippen LogP contribution in [0.25, 0.3) is 0 Å². The Hall–Kier alpha value is -1.09. The number of ether oxygens (including phenoxy) is 1. The van der Waals surface area contributed by atoms with Crippen LogP contribution in [-0.4, -0.2) is 20.2 Å². The van der Waals surface area contributed by atoms with Gasteiger partial charge in [-0.2, -0.15) is 4.57 Å². The maximum absolute atomic E-state index is 6.00. The summed E-state index contributed by atoms with van der Waals surface area (Å²) in [7, 11) is 4.11. The number of aromatic nitrogens is 1. The monoisotopic (exact) mass is 249 g/mol. The predicted octanol–water partition coefficient (Wildman–Crippen LogP) is 2.74. The SMILES string of the molecule is CN(C)c1cc[n+](COC2CCCCCC2)cc1. The van der Waals surface area contributed by atoms with Crippen molar-refractivity contribution in [2.75, 3.05) is 19.0 Å². The van der Waals surface area contributed by atoms with E-state index in [0.29, 0.717) is 12.8 Å². The molecule has 100 valence electrons. The molecular formula is C15H25N2O+. The largest absolute Gasteiger partial charge is 0.377 e. The average molecular weight is 249 g/mol. The first-order valence-electron chi connectivity index (χ1n) is 7.04. The van der Waals surface area contributed by atoms with Crippen LogP contribution < -0.4 is 9.47 Å². The summed E-state index contributed by atoms with van der Waals surface area (Å²) < 4.78 is 8.11. The highest BCUT2D eigenvalue weighted by molar-refractivity contribution is 5.41. The van der Waals surface area contributed by atoms with Gasteiger partial charge in [0.1, 0.15) is 0 Å². The van der Waals surface area contributed by atoms with Gasteiger partial charge in [0.25, 0.3) is 6.73 Å². The normalized spacial score (nSPS) is 17.4. The van der Waals surface area contributed by atoms with Crippen molar-refractivity contribution in [2.24, 2.45) is 0 Å². The first-order valence-corrected chi connectivity index (χ1v) is 7.04. The highest BCUT2D eigenvalue weighted by atomic mass is 16.5. The van der Waals surface area contributed by atoms with Crippen molar-refractivity contribution >= 4 is 5.69 Å². The van der Waals surface area contributed by atoms with Gasteiger partial charge in [-0.15, -0.1) is 0 Å². The highest BCUT2D eigenvalue weighted by Gasteiger charge is 2.14. The van der Waals surface area contributed by atoms with Crippen LogP contribution in [0.3, 0.4) is 0 Å². The van der Waals surface area contributed by atoms with Crippen LogP contribution in [0.2, 0.25) is 0 Å². The molecule has 0 bridgehead atoms. The number of anilines is 1. The van der Waals surface area contributed by atoms with Crippen molar-refractivity contribution in [3.05, 3.63) is 24.5 Å². The first-order chi connectivity index (χ1) is 8.75. The minimum Gasteiger partial charge on any atom is -0.377 e. The van der Waals surface area contributed by atoms with Crippen molar-refractivity contribution in [1.29, 1.82) is 0 Å². The molecule has 1 heterocycles. The van der Waals surface area contributed by atoms with Crippen LogP contribution in [0.5, 0.6) is 0 Å². The van der Waals surface area contributed by atoms with Crippen LogP contribution in [0.15, 0.2) is 24.5 Å². The van der Waals surface area contributed by atoms with E-state index < -0.39 is 0 Å². The second-order valence-electron chi connectivity index (χ2n) is 5.37. The average Bonchev–Trinajstić information content (AvgIpc) is 2.65. The van der Waals surface area contributed by atoms with Crippen molar-refractivity contribution in [1.82, 2.24) is 0 Å². The number of nitrogens with zero attached hydrogens (tertiary/aromatic N) is 2. The summed E-state index contributed by atoms with van der Waals surface area (Å²) in [6.07, 6.45) is 12.5. The molecule has 3 nitrogen and oxygen atoms in total. The van der Waals surface area contributed by atoms with Gasteiger partial charge in [-0.05, 0) is 12.8 Å². The Labute approximate surface area is 110 Å². The third-order valence-electron chi connectivity index (χ3n) is 3.65. The molecule has 0 amide bonds. The maximum Gasteiger partial charge on any atom is 0.252 e. The fourth-order valence-electron chi connectivity index (χ4n) is 2.43. The summed E-state index contributed by atoms with van der Waals surface area (Å²) >= 11 is 0. The zero-order valence-electron chi connectivity index (χ0n) is 11.6. The van der Waals surface area contributed by atoms with Gasteiger partial charge in [-0.25, -0.2) is 0 Å². The summed E-state index contributed by atoms with van der Waals surface area (Å²) in [5.41, 5.74) is 1.22. The molecule has 1 aliphatic carbocycles. The molecule has 0 N–H and O–H groups in total. The topological polar surface area (TPSA) is 16.4 Å². The molecule has 1 saturated carbocycles. The molecule has 18 heavy (non-hydrogen) atoms. The fraction of sp³-hybridized carbons (Fsp3) is 0.667. The van der Waals surface area contributed by atoms with Crippen LogP contribution in [0.1, 0.15) is 38.5 Å². The van der Waals surface area contributed by atoms with Crippen LogP contribution in [-0.2, 0) is 11.5 Å². The molecule has 0 radical (unpaired) electrons. The molecule has 0 atom stereocenters. The third kappa shape index (κ3) is 3.98. The molecule has 0 aliphatic heterocycles. The van der Waals surface area contributed by atoms with Gasteiger partial charge in [0.2, 0.25) is 0 Å². The van der Waals surface area contributed by atoms with Crippen molar-refractivity contribution in [3.63, 3.8) is 0 Å². The second kappa shape index (κ2) is 6.74. The lowest BCUT2D eigenvalue weighted by Crippen LogP contribution is -2.36. The van der Waals surface area contributed by atoms with E-state index in [1.807, 2.05) is 0 Å². The molecule has 0 saturated heterocycles. The Kier molecular flexibility index (Phi) is 5.00. The number of hydrogen-bond acceptors (Lipinski definition) is 2. The molecule has 0 aromatic carbocycles. The zero-order valence-corrected chi connectivity index (χ0v) is 11.6. The summed E-state index contributed by atoms with van der Waals surface area (Å²) in [6.45, 7) is 0.679. The lowest BCUT2D eigenvalue weighted by molar-refractivity contribution is -0.734. The Morgan fingerprint density at radius 1 is 1.11 bits per heavy atom. The number of pyridine rings is 1. The van der Waals surface area contributed by atoms with Crippen molar-refractivity contribution in [2.45, 2.75) is 51.4 Å². The van der Waals surface area contributed by atoms with E-state index in [9.17, 15) is 0 Å². The smallest absolute Gasteiger partial charge is 0.252 e. The maximum atomic E-state index is 6.00. The molecule has 0 spiro atoms. The Morgan fingerprint density at radius 2 is 1.72 bits per heavy atom. The lowest BCUT2D eigenvalue weighted by Gasteiger charge is -2.13. The summed E-state index contributed by atoms with van der Waals surface area (Å²) in [5, 5.41) is 0. The van der Waals surface area contributed by atoms with Crippen LogP contribution in [0.4, 0.5) is 5.69 Å². The van der Waals surface area contributed by atoms with E-state index in [-0.39, 0.29) is 0 Å². The van der Waals surface area contributed by atoms with Gasteiger partial charge >= 0.3 is 0 Å². The van der Waals surface area contributed by atoms with Gasteiger partial charge in [-0.3, -0.25) is 0 Å². The first kappa shape index (κ1) is 13.3. The molecule has 1 aliphatic rings. The molecule has 1 fully saturated rings. The minimum atomic E-state index is 0.466. The minimum absolute atomic E-state index is 0.466. The van der Waals surface area contributed by atoms with E-state index in [2.05, 4.69) is 48.1 Å².